The molecule has 0 unspecified atom stereocenters. The Bertz CT molecular complexity index is 1510. The molecule has 0 saturated heterocycles. The molecule has 0 saturated carbocycles. The number of nitrogens with zero attached hydrogens (tertiary/aromatic N) is 1. The molecule has 35 heavy (non-hydrogen) atoms. The van der Waals surface area contributed by atoms with Gasteiger partial charge in [-0.3, -0.25) is 0 Å². The van der Waals surface area contributed by atoms with E-state index in [0.717, 1.165) is 21.9 Å². The quantitative estimate of drug-likeness (QED) is 0.189. The van der Waals surface area contributed by atoms with Crippen LogP contribution in [0.25, 0.3) is 16.8 Å². The number of fused-ring (bicyclic) bond motifs is 1. The van der Waals surface area contributed by atoms with Crippen molar-refractivity contribution >= 4 is 56.2 Å². The molecule has 0 spiro atoms. The first-order valence-corrected chi connectivity index (χ1v) is 11.9. The number of esters is 1. The number of hydrogen-bond acceptors (Lipinski definition) is 5. The summed E-state index contributed by atoms with van der Waals surface area (Å²) < 4.78 is 17.7. The van der Waals surface area contributed by atoms with Crippen molar-refractivity contribution in [1.29, 1.82) is 0 Å². The van der Waals surface area contributed by atoms with E-state index in [4.69, 9.17) is 25.8 Å². The second kappa shape index (κ2) is 9.94. The fraction of sp³-hybridized carbons (Fsp3) is 0.0714. The maximum atomic E-state index is 12.5. The van der Waals surface area contributed by atoms with Crippen LogP contribution in [-0.4, -0.2) is 19.0 Å². The van der Waals surface area contributed by atoms with Gasteiger partial charge >= 0.3 is 5.97 Å². The molecule has 1 heterocycles. The van der Waals surface area contributed by atoms with Crippen molar-refractivity contribution in [2.75, 3.05) is 7.11 Å². The molecule has 0 aromatic heterocycles. The second-order valence-electron chi connectivity index (χ2n) is 7.85. The topological polar surface area (TPSA) is 57.1 Å². The van der Waals surface area contributed by atoms with Crippen molar-refractivity contribution in [3.63, 3.8) is 0 Å². The third kappa shape index (κ3) is 5.09. The number of ether oxygens (including phenoxy) is 3. The predicted molar refractivity (Wildman–Crippen MR) is 141 cm³/mol. The van der Waals surface area contributed by atoms with Crippen LogP contribution < -0.4 is 9.47 Å². The molecule has 0 N–H and O–H groups in total. The summed E-state index contributed by atoms with van der Waals surface area (Å²) in [5.74, 6) is 0.825. The highest BCUT2D eigenvalue weighted by Gasteiger charge is 2.24. The number of carbonyl (C=O) groups excluding carboxylic acids is 1. The summed E-state index contributed by atoms with van der Waals surface area (Å²) in [4.78, 5) is 17.0. The summed E-state index contributed by atoms with van der Waals surface area (Å²) in [7, 11) is 1.56. The molecular weight excluding hydrogens is 530 g/mol. The van der Waals surface area contributed by atoms with Crippen molar-refractivity contribution < 1.29 is 19.0 Å². The third-order valence-electron chi connectivity index (χ3n) is 5.44. The molecule has 7 heteroatoms. The first kappa shape index (κ1) is 23.1. The fourth-order valence-corrected chi connectivity index (χ4v) is 4.55. The summed E-state index contributed by atoms with van der Waals surface area (Å²) in [6.45, 7) is 0.321. The van der Waals surface area contributed by atoms with E-state index in [1.165, 1.54) is 0 Å². The van der Waals surface area contributed by atoms with Gasteiger partial charge in [-0.1, -0.05) is 54.1 Å². The zero-order valence-electron chi connectivity index (χ0n) is 18.6. The highest BCUT2D eigenvalue weighted by molar-refractivity contribution is 9.10. The Labute approximate surface area is 215 Å². The van der Waals surface area contributed by atoms with E-state index in [2.05, 4.69) is 20.9 Å². The summed E-state index contributed by atoms with van der Waals surface area (Å²) in [6, 6.07) is 24.9. The van der Waals surface area contributed by atoms with Crippen LogP contribution in [0, 0.1) is 0 Å². The van der Waals surface area contributed by atoms with Crippen LogP contribution in [-0.2, 0) is 16.1 Å². The lowest BCUT2D eigenvalue weighted by molar-refractivity contribution is -0.129. The normalized spacial score (nSPS) is 14.2. The Morgan fingerprint density at radius 3 is 2.63 bits per heavy atom. The number of aliphatic imine (C=N–C) groups is 1. The van der Waals surface area contributed by atoms with Crippen LogP contribution in [0.2, 0.25) is 5.02 Å². The molecule has 0 amide bonds. The standard InChI is InChI=1S/C28H19BrClNO4/c1-33-25-14-18(12-23(29)26(25)34-16-17-5-4-8-22(30)11-17)13-24-28(32)35-27(31-24)21-10-9-19-6-2-3-7-20(19)15-21/h2-15H,16H2,1H3/b24-13-. The molecule has 4 aromatic rings. The fourth-order valence-electron chi connectivity index (χ4n) is 3.76. The Balaban J connectivity index is 1.41. The van der Waals surface area contributed by atoms with E-state index in [9.17, 15) is 4.79 Å². The SMILES string of the molecule is COc1cc(/C=C2\N=C(c3ccc4ccccc4c3)OC2=O)cc(Br)c1OCc1cccc(Cl)c1. The molecule has 174 valence electrons. The molecular formula is C28H19BrClNO4. The second-order valence-corrected chi connectivity index (χ2v) is 9.14. The Kier molecular flexibility index (Phi) is 6.57. The van der Waals surface area contributed by atoms with Crippen molar-refractivity contribution in [1.82, 2.24) is 0 Å². The first-order chi connectivity index (χ1) is 17.0. The number of cyclic esters (lactones) is 1. The Morgan fingerprint density at radius 2 is 1.83 bits per heavy atom. The van der Waals surface area contributed by atoms with Gasteiger partial charge in [0.1, 0.15) is 6.61 Å². The van der Waals surface area contributed by atoms with Gasteiger partial charge in [-0.15, -0.1) is 0 Å². The maximum Gasteiger partial charge on any atom is 0.363 e. The smallest absolute Gasteiger partial charge is 0.363 e. The number of halogens is 2. The monoisotopic (exact) mass is 547 g/mol. The lowest BCUT2D eigenvalue weighted by atomic mass is 10.1. The van der Waals surface area contributed by atoms with Crippen LogP contribution in [0.15, 0.2) is 94.0 Å². The molecule has 1 aliphatic rings. The van der Waals surface area contributed by atoms with E-state index in [1.54, 1.807) is 19.3 Å². The van der Waals surface area contributed by atoms with Gasteiger partial charge in [0.25, 0.3) is 0 Å². The number of rotatable bonds is 6. The average molecular weight is 549 g/mol. The van der Waals surface area contributed by atoms with Gasteiger partial charge in [0.15, 0.2) is 17.2 Å². The summed E-state index contributed by atoms with van der Waals surface area (Å²) in [6.07, 6.45) is 1.66. The summed E-state index contributed by atoms with van der Waals surface area (Å²) in [5, 5.41) is 2.79. The lowest BCUT2D eigenvalue weighted by Gasteiger charge is -2.14. The van der Waals surface area contributed by atoms with Crippen LogP contribution in [0.1, 0.15) is 16.7 Å². The summed E-state index contributed by atoms with van der Waals surface area (Å²) in [5.41, 5.74) is 2.58. The van der Waals surface area contributed by atoms with E-state index in [0.29, 0.717) is 33.2 Å². The Hall–Kier alpha value is -3.61. The van der Waals surface area contributed by atoms with Crippen LogP contribution in [0.4, 0.5) is 0 Å². The molecule has 5 nitrogen and oxygen atoms in total. The van der Waals surface area contributed by atoms with Crippen LogP contribution in [0.3, 0.4) is 0 Å². The van der Waals surface area contributed by atoms with E-state index < -0.39 is 5.97 Å². The van der Waals surface area contributed by atoms with Crippen molar-refractivity contribution in [3.8, 4) is 11.5 Å². The number of methoxy groups -OCH3 is 1. The average Bonchev–Trinajstić information content (AvgIpc) is 3.22. The predicted octanol–water partition coefficient (Wildman–Crippen LogP) is 7.19. The number of hydrogen-bond donors (Lipinski definition) is 0. The first-order valence-electron chi connectivity index (χ1n) is 10.8. The van der Waals surface area contributed by atoms with Crippen LogP contribution in [0.5, 0.6) is 11.5 Å². The molecule has 0 atom stereocenters. The zero-order chi connectivity index (χ0) is 24.4. The molecule has 0 aliphatic carbocycles. The lowest BCUT2D eigenvalue weighted by Crippen LogP contribution is -2.05. The summed E-state index contributed by atoms with van der Waals surface area (Å²) >= 11 is 9.61. The Morgan fingerprint density at radius 1 is 1.00 bits per heavy atom. The van der Waals surface area contributed by atoms with E-state index >= 15 is 0 Å². The number of carbonyl (C=O) groups is 1. The molecule has 0 fully saturated rings. The van der Waals surface area contributed by atoms with E-state index in [-0.39, 0.29) is 11.6 Å². The van der Waals surface area contributed by atoms with Gasteiger partial charge in [-0.25, -0.2) is 9.79 Å². The largest absolute Gasteiger partial charge is 0.493 e. The molecule has 5 rings (SSSR count). The van der Waals surface area contributed by atoms with Gasteiger partial charge in [-0.05, 0) is 80.3 Å². The van der Waals surface area contributed by atoms with Gasteiger partial charge in [0.2, 0.25) is 5.90 Å². The van der Waals surface area contributed by atoms with E-state index in [1.807, 2.05) is 72.8 Å². The number of benzene rings is 4. The van der Waals surface area contributed by atoms with Crippen molar-refractivity contribution in [2.45, 2.75) is 6.61 Å². The van der Waals surface area contributed by atoms with Gasteiger partial charge in [0, 0.05) is 10.6 Å². The molecule has 1 aliphatic heterocycles. The molecule has 0 bridgehead atoms. The van der Waals surface area contributed by atoms with Gasteiger partial charge in [0.05, 0.1) is 11.6 Å². The van der Waals surface area contributed by atoms with Gasteiger partial charge < -0.3 is 14.2 Å². The zero-order valence-corrected chi connectivity index (χ0v) is 21.0. The minimum Gasteiger partial charge on any atom is -0.493 e. The highest BCUT2D eigenvalue weighted by Crippen LogP contribution is 2.38. The van der Waals surface area contributed by atoms with Crippen molar-refractivity contribution in [3.05, 3.63) is 111 Å². The van der Waals surface area contributed by atoms with Crippen LogP contribution >= 0.6 is 27.5 Å². The van der Waals surface area contributed by atoms with Crippen molar-refractivity contribution in [2.24, 2.45) is 4.99 Å². The third-order valence-corrected chi connectivity index (χ3v) is 6.27. The minimum absolute atomic E-state index is 0.203. The maximum absolute atomic E-state index is 12.5. The minimum atomic E-state index is -0.510. The molecule has 0 radical (unpaired) electrons. The highest BCUT2D eigenvalue weighted by atomic mass is 79.9. The van der Waals surface area contributed by atoms with Gasteiger partial charge in [-0.2, -0.15) is 0 Å². The molecule has 4 aromatic carbocycles.